The molecule has 0 saturated carbocycles. The summed E-state index contributed by atoms with van der Waals surface area (Å²) in [6, 6.07) is 14.0. The monoisotopic (exact) mass is 382 g/mol. The first-order valence-corrected chi connectivity index (χ1v) is 8.54. The quantitative estimate of drug-likeness (QED) is 0.704. The number of rotatable bonds is 4. The number of hydrogen-bond acceptors (Lipinski definition) is 6. The van der Waals surface area contributed by atoms with Crippen LogP contribution < -0.4 is 20.1 Å². The average Bonchev–Trinajstić information content (AvgIpc) is 3.11. The number of nitrogens with one attached hydrogen (secondary N) is 2. The van der Waals surface area contributed by atoms with Crippen molar-refractivity contribution in [2.75, 3.05) is 17.4 Å². The van der Waals surface area contributed by atoms with E-state index in [1.54, 1.807) is 49.4 Å². The summed E-state index contributed by atoms with van der Waals surface area (Å²) in [5.74, 6) is 1.26. The van der Waals surface area contributed by atoms with E-state index < -0.39 is 0 Å². The van der Waals surface area contributed by atoms with Crippen LogP contribution >= 0.6 is 11.6 Å². The number of nitrogens with zero attached hydrogens (tertiary/aromatic N) is 2. The Morgan fingerprint density at radius 2 is 1.89 bits per heavy atom. The van der Waals surface area contributed by atoms with Gasteiger partial charge in [-0.1, -0.05) is 23.7 Å². The highest BCUT2D eigenvalue weighted by Crippen LogP contribution is 2.34. The van der Waals surface area contributed by atoms with Crippen molar-refractivity contribution in [3.8, 4) is 11.5 Å². The molecule has 8 heteroatoms. The van der Waals surface area contributed by atoms with Gasteiger partial charge in [0.05, 0.1) is 10.7 Å². The zero-order valence-electron chi connectivity index (χ0n) is 14.3. The molecule has 1 amide bonds. The highest BCUT2D eigenvalue weighted by molar-refractivity contribution is 6.33. The summed E-state index contributed by atoms with van der Waals surface area (Å²) < 4.78 is 10.7. The molecule has 0 radical (unpaired) electrons. The fraction of sp³-hybridized carbons (Fsp3) is 0.105. The largest absolute Gasteiger partial charge is 0.454 e. The van der Waals surface area contributed by atoms with Gasteiger partial charge in [0, 0.05) is 17.4 Å². The Morgan fingerprint density at radius 1 is 1.07 bits per heavy atom. The summed E-state index contributed by atoms with van der Waals surface area (Å²) >= 11 is 6.09. The molecule has 7 nitrogen and oxygen atoms in total. The van der Waals surface area contributed by atoms with Crippen molar-refractivity contribution in [3.05, 3.63) is 64.9 Å². The van der Waals surface area contributed by atoms with E-state index in [9.17, 15) is 4.79 Å². The number of para-hydroxylation sites is 1. The summed E-state index contributed by atoms with van der Waals surface area (Å²) in [5, 5.41) is 6.29. The molecule has 1 aliphatic rings. The molecule has 0 bridgehead atoms. The summed E-state index contributed by atoms with van der Waals surface area (Å²) in [5.41, 5.74) is 2.12. The minimum atomic E-state index is -0.373. The third kappa shape index (κ3) is 3.78. The van der Waals surface area contributed by atoms with Crippen molar-refractivity contribution in [3.63, 3.8) is 0 Å². The van der Waals surface area contributed by atoms with Gasteiger partial charge in [0.25, 0.3) is 5.91 Å². The van der Waals surface area contributed by atoms with Gasteiger partial charge in [0.1, 0.15) is 5.69 Å². The molecular formula is C19H15ClN4O3. The summed E-state index contributed by atoms with van der Waals surface area (Å²) in [7, 11) is 0. The number of fused-ring (bicyclic) bond motifs is 1. The maximum absolute atomic E-state index is 12.6. The molecule has 0 fully saturated rings. The Balaban J connectivity index is 1.56. The highest BCUT2D eigenvalue weighted by Gasteiger charge is 2.15. The maximum atomic E-state index is 12.6. The standard InChI is InChI=1S/C19H15ClN4O3/c1-11-8-15(18(25)23-14-5-3-2-4-13(14)20)24-19(21-11)22-12-6-7-16-17(9-12)27-10-26-16/h2-9H,10H2,1H3,(H,23,25)(H,21,22,24). The lowest BCUT2D eigenvalue weighted by molar-refractivity contribution is 0.102. The second kappa shape index (κ2) is 7.13. The average molecular weight is 383 g/mol. The minimum Gasteiger partial charge on any atom is -0.454 e. The van der Waals surface area contributed by atoms with Gasteiger partial charge in [-0.2, -0.15) is 0 Å². The molecule has 4 rings (SSSR count). The van der Waals surface area contributed by atoms with E-state index in [4.69, 9.17) is 21.1 Å². The van der Waals surface area contributed by atoms with Crippen molar-refractivity contribution >= 4 is 34.8 Å². The van der Waals surface area contributed by atoms with Gasteiger partial charge in [-0.05, 0) is 37.3 Å². The van der Waals surface area contributed by atoms with Gasteiger partial charge in [-0.15, -0.1) is 0 Å². The van der Waals surface area contributed by atoms with Crippen molar-refractivity contribution in [1.29, 1.82) is 0 Å². The number of benzene rings is 2. The Morgan fingerprint density at radius 3 is 2.74 bits per heavy atom. The van der Waals surface area contributed by atoms with Crippen LogP contribution in [0, 0.1) is 6.92 Å². The van der Waals surface area contributed by atoms with Crippen LogP contribution in [0.2, 0.25) is 5.02 Å². The summed E-state index contributed by atoms with van der Waals surface area (Å²) in [4.78, 5) is 21.2. The van der Waals surface area contributed by atoms with Crippen molar-refractivity contribution in [2.24, 2.45) is 0 Å². The predicted octanol–water partition coefficient (Wildman–Crippen LogP) is 4.16. The van der Waals surface area contributed by atoms with Crippen LogP contribution in [0.1, 0.15) is 16.2 Å². The maximum Gasteiger partial charge on any atom is 0.274 e. The zero-order valence-corrected chi connectivity index (χ0v) is 15.1. The van der Waals surface area contributed by atoms with E-state index >= 15 is 0 Å². The Bertz CT molecular complexity index is 1030. The summed E-state index contributed by atoms with van der Waals surface area (Å²) in [6.45, 7) is 1.99. The highest BCUT2D eigenvalue weighted by atomic mass is 35.5. The van der Waals surface area contributed by atoms with Crippen molar-refractivity contribution < 1.29 is 14.3 Å². The molecule has 27 heavy (non-hydrogen) atoms. The van der Waals surface area contributed by atoms with E-state index in [1.807, 2.05) is 6.07 Å². The molecule has 2 aromatic carbocycles. The molecule has 2 N–H and O–H groups in total. The molecule has 0 spiro atoms. The second-order valence-corrected chi connectivity index (χ2v) is 6.25. The zero-order chi connectivity index (χ0) is 18.8. The molecular weight excluding hydrogens is 368 g/mol. The molecule has 0 aliphatic carbocycles. The minimum absolute atomic E-state index is 0.200. The molecule has 1 aromatic heterocycles. The number of aromatic nitrogens is 2. The fourth-order valence-corrected chi connectivity index (χ4v) is 2.78. The van der Waals surface area contributed by atoms with E-state index in [2.05, 4.69) is 20.6 Å². The molecule has 0 saturated heterocycles. The molecule has 0 unspecified atom stereocenters. The van der Waals surface area contributed by atoms with E-state index in [-0.39, 0.29) is 18.4 Å². The fourth-order valence-electron chi connectivity index (χ4n) is 2.59. The van der Waals surface area contributed by atoms with Gasteiger partial charge < -0.3 is 20.1 Å². The normalized spacial score (nSPS) is 11.9. The number of ether oxygens (including phenoxy) is 2. The first kappa shape index (κ1) is 17.1. The van der Waals surface area contributed by atoms with Crippen LogP contribution in [0.15, 0.2) is 48.5 Å². The number of hydrogen-bond donors (Lipinski definition) is 2. The lowest BCUT2D eigenvalue weighted by Crippen LogP contribution is -2.15. The van der Waals surface area contributed by atoms with Crippen molar-refractivity contribution in [1.82, 2.24) is 9.97 Å². The van der Waals surface area contributed by atoms with E-state index in [0.717, 1.165) is 5.69 Å². The molecule has 2 heterocycles. The van der Waals surface area contributed by atoms with Gasteiger partial charge >= 0.3 is 0 Å². The second-order valence-electron chi connectivity index (χ2n) is 5.85. The predicted molar refractivity (Wildman–Crippen MR) is 102 cm³/mol. The lowest BCUT2D eigenvalue weighted by Gasteiger charge is -2.10. The third-order valence-electron chi connectivity index (χ3n) is 3.84. The lowest BCUT2D eigenvalue weighted by atomic mass is 10.2. The number of aryl methyl sites for hydroxylation is 1. The van der Waals surface area contributed by atoms with Crippen LogP contribution in [0.5, 0.6) is 11.5 Å². The van der Waals surface area contributed by atoms with E-state index in [0.29, 0.717) is 33.9 Å². The number of halogens is 1. The SMILES string of the molecule is Cc1cc(C(=O)Nc2ccccc2Cl)nc(Nc2ccc3c(c2)OCO3)n1. The van der Waals surface area contributed by atoms with Crippen molar-refractivity contribution in [2.45, 2.75) is 6.92 Å². The van der Waals surface area contributed by atoms with Gasteiger partial charge in [-0.3, -0.25) is 4.79 Å². The number of amides is 1. The van der Waals surface area contributed by atoms with Crippen LogP contribution in [0.3, 0.4) is 0 Å². The first-order valence-electron chi connectivity index (χ1n) is 8.17. The Labute approximate surface area is 160 Å². The molecule has 3 aromatic rings. The Hall–Kier alpha value is -3.32. The topological polar surface area (TPSA) is 85.4 Å². The van der Waals surface area contributed by atoms with Gasteiger partial charge in [0.2, 0.25) is 12.7 Å². The Kier molecular flexibility index (Phi) is 4.52. The van der Waals surface area contributed by atoms with Crippen LogP contribution in [0.25, 0.3) is 0 Å². The van der Waals surface area contributed by atoms with E-state index in [1.165, 1.54) is 0 Å². The van der Waals surface area contributed by atoms with Gasteiger partial charge in [0.15, 0.2) is 11.5 Å². The molecule has 1 aliphatic heterocycles. The molecule has 136 valence electrons. The smallest absolute Gasteiger partial charge is 0.274 e. The van der Waals surface area contributed by atoms with Gasteiger partial charge in [-0.25, -0.2) is 9.97 Å². The van der Waals surface area contributed by atoms with Crippen LogP contribution in [-0.4, -0.2) is 22.7 Å². The summed E-state index contributed by atoms with van der Waals surface area (Å²) in [6.07, 6.45) is 0. The van der Waals surface area contributed by atoms with Crippen LogP contribution in [0.4, 0.5) is 17.3 Å². The number of carbonyl (C=O) groups excluding carboxylic acids is 1. The molecule has 0 atom stereocenters. The number of carbonyl (C=O) groups is 1. The third-order valence-corrected chi connectivity index (χ3v) is 4.17. The first-order chi connectivity index (χ1) is 13.1. The van der Waals surface area contributed by atoms with Crippen LogP contribution in [-0.2, 0) is 0 Å². The number of anilines is 3.